The summed E-state index contributed by atoms with van der Waals surface area (Å²) in [5.74, 6) is 1.43. The summed E-state index contributed by atoms with van der Waals surface area (Å²) in [7, 11) is 3.25. The molecule has 0 bridgehead atoms. The zero-order valence-electron chi connectivity index (χ0n) is 24.4. The summed E-state index contributed by atoms with van der Waals surface area (Å²) in [6.07, 6.45) is 9.39. The van der Waals surface area contributed by atoms with Gasteiger partial charge in [-0.3, -0.25) is 9.59 Å². The van der Waals surface area contributed by atoms with Gasteiger partial charge in [-0.2, -0.15) is 0 Å². The van der Waals surface area contributed by atoms with Crippen molar-refractivity contribution in [1.82, 2.24) is 9.80 Å². The number of hydrogen-bond donors (Lipinski definition) is 0. The average molecular weight is 545 g/mol. The average Bonchev–Trinajstić information content (AvgIpc) is 3.32. The molecule has 0 radical (unpaired) electrons. The summed E-state index contributed by atoms with van der Waals surface area (Å²) in [4.78, 5) is 32.7. The van der Waals surface area contributed by atoms with Crippen LogP contribution >= 0.6 is 11.3 Å². The topological polar surface area (TPSA) is 59.1 Å². The second-order valence-electron chi connectivity index (χ2n) is 10.3. The van der Waals surface area contributed by atoms with Gasteiger partial charge in [-0.05, 0) is 63.4 Å². The maximum Gasteiger partial charge on any atom is 0.242 e. The molecule has 2 amide bonds. The fourth-order valence-corrected chi connectivity index (χ4v) is 5.44. The predicted molar refractivity (Wildman–Crippen MR) is 157 cm³/mol. The lowest BCUT2D eigenvalue weighted by molar-refractivity contribution is -0.142. The first kappa shape index (κ1) is 31.7. The lowest BCUT2D eigenvalue weighted by atomic mass is 10.1. The van der Waals surface area contributed by atoms with Gasteiger partial charge in [-0.1, -0.05) is 51.5 Å². The molecule has 0 saturated heterocycles. The second-order valence-corrected chi connectivity index (χ2v) is 11.6. The molecule has 0 N–H and O–H groups in total. The van der Waals surface area contributed by atoms with E-state index in [-0.39, 0.29) is 24.4 Å². The Morgan fingerprint density at radius 1 is 0.895 bits per heavy atom. The van der Waals surface area contributed by atoms with Crippen molar-refractivity contribution in [2.45, 2.75) is 98.1 Å². The molecule has 212 valence electrons. The van der Waals surface area contributed by atoms with E-state index in [1.54, 1.807) is 30.5 Å². The highest BCUT2D eigenvalue weighted by Gasteiger charge is 2.24. The maximum atomic E-state index is 13.6. The molecule has 0 atom stereocenters. The number of nitrogens with zero attached hydrogens (tertiary/aromatic N) is 2. The van der Waals surface area contributed by atoms with E-state index >= 15 is 0 Å². The Bertz CT molecular complexity index is 988. The van der Waals surface area contributed by atoms with Crippen molar-refractivity contribution in [3.63, 3.8) is 0 Å². The predicted octanol–water partition coefficient (Wildman–Crippen LogP) is 7.02. The van der Waals surface area contributed by atoms with E-state index in [2.05, 4.69) is 26.0 Å². The number of thiophene rings is 1. The van der Waals surface area contributed by atoms with Crippen LogP contribution in [0.25, 0.3) is 0 Å². The molecule has 0 aliphatic carbocycles. The van der Waals surface area contributed by atoms with E-state index in [9.17, 15) is 9.59 Å². The molecule has 0 aliphatic heterocycles. The summed E-state index contributed by atoms with van der Waals surface area (Å²) in [6.45, 7) is 9.50. The van der Waals surface area contributed by atoms with Gasteiger partial charge in [-0.15, -0.1) is 11.3 Å². The maximum absolute atomic E-state index is 13.6. The van der Waals surface area contributed by atoms with Crippen molar-refractivity contribution >= 4 is 23.2 Å². The Kier molecular flexibility index (Phi) is 14.3. The number of aryl methyl sites for hydroxylation is 1. The van der Waals surface area contributed by atoms with Gasteiger partial charge in [0.25, 0.3) is 0 Å². The van der Waals surface area contributed by atoms with Gasteiger partial charge in [0.1, 0.15) is 0 Å². The number of amides is 2. The van der Waals surface area contributed by atoms with Crippen LogP contribution in [0.1, 0.15) is 87.5 Å². The number of hydrogen-bond acceptors (Lipinski definition) is 5. The first-order valence-corrected chi connectivity index (χ1v) is 14.9. The van der Waals surface area contributed by atoms with Gasteiger partial charge in [-0.25, -0.2) is 0 Å². The molecule has 0 saturated carbocycles. The Labute approximate surface area is 234 Å². The number of unbranched alkanes of at least 4 members (excludes halogenated alkanes) is 6. The van der Waals surface area contributed by atoms with Crippen molar-refractivity contribution < 1.29 is 19.1 Å². The summed E-state index contributed by atoms with van der Waals surface area (Å²) >= 11 is 1.71. The third kappa shape index (κ3) is 10.7. The molecule has 1 aromatic carbocycles. The lowest BCUT2D eigenvalue weighted by Gasteiger charge is -2.30. The molecule has 6 nitrogen and oxygen atoms in total. The van der Waals surface area contributed by atoms with Crippen molar-refractivity contribution in [3.05, 3.63) is 45.6 Å². The molecule has 2 aromatic rings. The minimum atomic E-state index is -0.0207. The molecule has 7 heteroatoms. The molecule has 0 fully saturated rings. The van der Waals surface area contributed by atoms with Crippen LogP contribution in [0.5, 0.6) is 11.5 Å². The first-order valence-electron chi connectivity index (χ1n) is 14.1. The van der Waals surface area contributed by atoms with Gasteiger partial charge in [0.15, 0.2) is 11.5 Å². The third-order valence-electron chi connectivity index (χ3n) is 6.86. The molecular formula is C31H48N2O4S. The highest BCUT2D eigenvalue weighted by Crippen LogP contribution is 2.28. The van der Waals surface area contributed by atoms with E-state index < -0.39 is 0 Å². The highest BCUT2D eigenvalue weighted by molar-refractivity contribution is 7.11. The Balaban J connectivity index is 2.03. The smallest absolute Gasteiger partial charge is 0.242 e. The van der Waals surface area contributed by atoms with Crippen LogP contribution in [0, 0.1) is 6.92 Å². The third-order valence-corrected chi connectivity index (χ3v) is 7.84. The molecule has 0 spiro atoms. The van der Waals surface area contributed by atoms with E-state index in [0.717, 1.165) is 23.3 Å². The highest BCUT2D eigenvalue weighted by atomic mass is 32.1. The number of ether oxygens (including phenoxy) is 2. The number of methoxy groups -OCH3 is 2. The summed E-state index contributed by atoms with van der Waals surface area (Å²) in [6, 6.07) is 10.0. The fraction of sp³-hybridized carbons (Fsp3) is 0.613. The van der Waals surface area contributed by atoms with Crippen LogP contribution < -0.4 is 9.47 Å². The molecule has 1 aromatic heterocycles. The quantitative estimate of drug-likeness (QED) is 0.189. The summed E-state index contributed by atoms with van der Waals surface area (Å²) < 4.78 is 10.8. The second kappa shape index (κ2) is 17.1. The minimum Gasteiger partial charge on any atom is -0.493 e. The monoisotopic (exact) mass is 544 g/mol. The molecule has 1 heterocycles. The Morgan fingerprint density at radius 3 is 2.18 bits per heavy atom. The van der Waals surface area contributed by atoms with Crippen LogP contribution in [0.3, 0.4) is 0 Å². The minimum absolute atomic E-state index is 0.0156. The zero-order chi connectivity index (χ0) is 27.9. The number of benzene rings is 1. The van der Waals surface area contributed by atoms with Crippen molar-refractivity contribution in [3.8, 4) is 11.5 Å². The van der Waals surface area contributed by atoms with Gasteiger partial charge >= 0.3 is 0 Å². The summed E-state index contributed by atoms with van der Waals surface area (Å²) in [5.41, 5.74) is 1.07. The molecule has 0 aliphatic rings. The molecule has 0 unspecified atom stereocenters. The van der Waals surface area contributed by atoms with Crippen LogP contribution in [0.15, 0.2) is 30.3 Å². The van der Waals surface area contributed by atoms with Crippen LogP contribution in [-0.2, 0) is 22.6 Å². The van der Waals surface area contributed by atoms with Crippen molar-refractivity contribution in [2.75, 3.05) is 27.3 Å². The van der Waals surface area contributed by atoms with E-state index in [0.29, 0.717) is 37.4 Å². The van der Waals surface area contributed by atoms with Crippen LogP contribution in [0.2, 0.25) is 0 Å². The van der Waals surface area contributed by atoms with E-state index in [1.807, 2.05) is 36.9 Å². The zero-order valence-corrected chi connectivity index (χ0v) is 25.2. The SMILES string of the molecule is CCCCCCCCCC(=O)N(CC(=O)N(CCc1ccc(OC)c(OC)c1)Cc1ccc(C)s1)C(C)C. The Hall–Kier alpha value is -2.54. The Morgan fingerprint density at radius 2 is 1.58 bits per heavy atom. The number of carbonyl (C=O) groups excluding carboxylic acids is 2. The van der Waals surface area contributed by atoms with Crippen LogP contribution in [-0.4, -0.2) is 55.0 Å². The number of carbonyl (C=O) groups is 2. The summed E-state index contributed by atoms with van der Waals surface area (Å²) in [5, 5.41) is 0. The van der Waals surface area contributed by atoms with Crippen molar-refractivity contribution in [2.24, 2.45) is 0 Å². The molecule has 2 rings (SSSR count). The molecular weight excluding hydrogens is 496 g/mol. The number of rotatable bonds is 18. The lowest BCUT2D eigenvalue weighted by Crippen LogP contribution is -2.46. The normalized spacial score (nSPS) is 11.0. The van der Waals surface area contributed by atoms with Gasteiger partial charge < -0.3 is 19.3 Å². The van der Waals surface area contributed by atoms with E-state index in [1.165, 1.54) is 37.0 Å². The van der Waals surface area contributed by atoms with Gasteiger partial charge in [0.2, 0.25) is 11.8 Å². The van der Waals surface area contributed by atoms with Gasteiger partial charge in [0.05, 0.1) is 27.3 Å². The van der Waals surface area contributed by atoms with E-state index in [4.69, 9.17) is 9.47 Å². The largest absolute Gasteiger partial charge is 0.493 e. The van der Waals surface area contributed by atoms with Gasteiger partial charge in [0, 0.05) is 28.8 Å². The molecule has 38 heavy (non-hydrogen) atoms. The van der Waals surface area contributed by atoms with Crippen molar-refractivity contribution in [1.29, 1.82) is 0 Å². The standard InChI is InChI=1S/C31H48N2O4S/c1-7-8-9-10-11-12-13-14-30(34)33(24(2)3)23-31(35)32(22-27-17-15-25(4)38-27)20-19-26-16-18-28(36-5)29(21-26)37-6/h15-18,21,24H,7-14,19-20,22-23H2,1-6H3. The first-order chi connectivity index (χ1) is 18.3. The van der Waals surface area contributed by atoms with Crippen LogP contribution in [0.4, 0.5) is 0 Å². The fourth-order valence-electron chi connectivity index (χ4n) is 4.53.